The van der Waals surface area contributed by atoms with Crippen LogP contribution in [0.5, 0.6) is 0 Å². The first kappa shape index (κ1) is 27.9. The van der Waals surface area contributed by atoms with Gasteiger partial charge in [-0.3, -0.25) is 10.1 Å². The molecule has 1 N–H and O–H groups in total. The highest BCUT2D eigenvalue weighted by Gasteiger charge is 2.20. The van der Waals surface area contributed by atoms with E-state index in [-0.39, 0.29) is 5.97 Å². The number of aromatic nitrogens is 1. The maximum absolute atomic E-state index is 12.7. The van der Waals surface area contributed by atoms with Crippen LogP contribution in [0.2, 0.25) is 5.02 Å². The zero-order valence-electron chi connectivity index (χ0n) is 22.2. The van der Waals surface area contributed by atoms with E-state index in [0.717, 1.165) is 35.1 Å². The first-order chi connectivity index (χ1) is 18.9. The summed E-state index contributed by atoms with van der Waals surface area (Å²) in [5, 5.41) is 7.34. The number of benzene rings is 3. The van der Waals surface area contributed by atoms with Crippen LogP contribution < -0.4 is 5.32 Å². The normalized spacial score (nSPS) is 11.6. The Hall–Kier alpha value is -4.10. The number of carbonyl (C=O) groups excluding carboxylic acids is 2. The summed E-state index contributed by atoms with van der Waals surface area (Å²) in [6.45, 7) is 5.74. The Bertz CT molecular complexity index is 1410. The molecule has 0 spiro atoms. The summed E-state index contributed by atoms with van der Waals surface area (Å²) in [5.41, 5.74) is 5.75. The second-order valence-electron chi connectivity index (χ2n) is 9.10. The molecule has 1 heterocycles. The summed E-state index contributed by atoms with van der Waals surface area (Å²) in [5.74, 6) is 0.288. The molecule has 1 amide bonds. The van der Waals surface area contributed by atoms with Gasteiger partial charge in [0.2, 0.25) is 0 Å². The molecule has 1 unspecified atom stereocenters. The van der Waals surface area contributed by atoms with E-state index in [2.05, 4.69) is 34.7 Å². The molecule has 0 saturated heterocycles. The predicted octanol–water partition coefficient (Wildman–Crippen LogP) is 8.17. The molecule has 1 atom stereocenters. The molecule has 3 aromatic carbocycles. The molecule has 0 bridgehead atoms. The molecular weight excluding hydrogens is 516 g/mol. The van der Waals surface area contributed by atoms with Gasteiger partial charge in [0.15, 0.2) is 5.76 Å². The minimum absolute atomic E-state index is 0.155. The number of esters is 1. The molecule has 4 aromatic rings. The average Bonchev–Trinajstić information content (AvgIpc) is 3.29. The molecular formula is C31H31ClN2O5. The van der Waals surface area contributed by atoms with Crippen LogP contribution in [0.1, 0.15) is 49.6 Å². The monoisotopic (exact) mass is 546 g/mol. The van der Waals surface area contributed by atoms with Gasteiger partial charge in [0.25, 0.3) is 0 Å². The van der Waals surface area contributed by atoms with Crippen molar-refractivity contribution in [3.05, 3.63) is 94.6 Å². The Labute approximate surface area is 233 Å². The summed E-state index contributed by atoms with van der Waals surface area (Å²) < 4.78 is 16.1. The van der Waals surface area contributed by atoms with Crippen LogP contribution in [0.15, 0.2) is 77.3 Å². The molecule has 0 fully saturated rings. The first-order valence-electron chi connectivity index (χ1n) is 12.9. The highest BCUT2D eigenvalue weighted by molar-refractivity contribution is 6.31. The topological polar surface area (TPSA) is 90.7 Å². The number of rotatable bonds is 10. The lowest BCUT2D eigenvalue weighted by Crippen LogP contribution is -2.17. The molecule has 4 rings (SSSR count). The Balaban J connectivity index is 1.40. The number of anilines is 1. The van der Waals surface area contributed by atoms with E-state index >= 15 is 0 Å². The second-order valence-corrected chi connectivity index (χ2v) is 9.51. The Morgan fingerprint density at radius 1 is 0.974 bits per heavy atom. The highest BCUT2D eigenvalue weighted by atomic mass is 35.5. The molecule has 202 valence electrons. The van der Waals surface area contributed by atoms with Crippen LogP contribution in [-0.4, -0.2) is 23.8 Å². The minimum atomic E-state index is -0.631. The number of amides is 1. The predicted molar refractivity (Wildman–Crippen MR) is 152 cm³/mol. The maximum Gasteiger partial charge on any atom is 0.412 e. The van der Waals surface area contributed by atoms with E-state index in [1.165, 1.54) is 5.56 Å². The third-order valence-corrected chi connectivity index (χ3v) is 6.65. The van der Waals surface area contributed by atoms with Crippen molar-refractivity contribution in [1.29, 1.82) is 0 Å². The van der Waals surface area contributed by atoms with Crippen LogP contribution >= 0.6 is 11.6 Å². The van der Waals surface area contributed by atoms with Gasteiger partial charge in [-0.25, -0.2) is 4.79 Å². The van der Waals surface area contributed by atoms with Crippen molar-refractivity contribution in [3.8, 4) is 22.5 Å². The van der Waals surface area contributed by atoms with Gasteiger partial charge < -0.3 is 14.0 Å². The minimum Gasteiger partial charge on any atom is -0.466 e. The van der Waals surface area contributed by atoms with Gasteiger partial charge >= 0.3 is 12.1 Å². The summed E-state index contributed by atoms with van der Waals surface area (Å²) in [6.07, 6.45) is 0.831. The third kappa shape index (κ3) is 7.27. The van der Waals surface area contributed by atoms with Crippen molar-refractivity contribution in [2.75, 3.05) is 11.9 Å². The fourth-order valence-corrected chi connectivity index (χ4v) is 4.51. The van der Waals surface area contributed by atoms with Gasteiger partial charge in [0.05, 0.1) is 6.61 Å². The van der Waals surface area contributed by atoms with E-state index < -0.39 is 12.2 Å². The van der Waals surface area contributed by atoms with Gasteiger partial charge in [0.1, 0.15) is 17.5 Å². The lowest BCUT2D eigenvalue weighted by atomic mass is 10.00. The molecule has 8 heteroatoms. The van der Waals surface area contributed by atoms with Crippen molar-refractivity contribution in [2.45, 2.75) is 46.1 Å². The molecule has 0 aliphatic rings. The van der Waals surface area contributed by atoms with Crippen LogP contribution in [0.4, 0.5) is 10.5 Å². The van der Waals surface area contributed by atoms with Crippen LogP contribution in [-0.2, 0) is 20.7 Å². The summed E-state index contributed by atoms with van der Waals surface area (Å²) in [4.78, 5) is 24.2. The first-order valence-corrected chi connectivity index (χ1v) is 13.3. The summed E-state index contributed by atoms with van der Waals surface area (Å²) >= 11 is 6.23. The average molecular weight is 547 g/mol. The molecule has 1 aromatic heterocycles. The summed E-state index contributed by atoms with van der Waals surface area (Å²) in [6, 6.07) is 23.3. The molecule has 0 aliphatic carbocycles. The van der Waals surface area contributed by atoms with E-state index in [1.54, 1.807) is 19.9 Å². The van der Waals surface area contributed by atoms with E-state index in [9.17, 15) is 9.59 Å². The van der Waals surface area contributed by atoms with Crippen molar-refractivity contribution in [3.63, 3.8) is 0 Å². The molecule has 7 nitrogen and oxygen atoms in total. The Kier molecular flexibility index (Phi) is 9.39. The molecule has 0 saturated carbocycles. The zero-order chi connectivity index (χ0) is 27.8. The molecule has 39 heavy (non-hydrogen) atoms. The van der Waals surface area contributed by atoms with E-state index in [0.29, 0.717) is 35.2 Å². The number of hydrogen-bond acceptors (Lipinski definition) is 6. The number of hydrogen-bond donors (Lipinski definition) is 1. The van der Waals surface area contributed by atoms with Gasteiger partial charge in [-0.15, -0.1) is 0 Å². The maximum atomic E-state index is 12.7. The van der Waals surface area contributed by atoms with Crippen LogP contribution in [0.25, 0.3) is 22.5 Å². The van der Waals surface area contributed by atoms with Crippen LogP contribution in [0.3, 0.4) is 0 Å². The quantitative estimate of drug-likeness (QED) is 0.202. The van der Waals surface area contributed by atoms with Gasteiger partial charge in [-0.2, -0.15) is 0 Å². The molecule has 0 aliphatic heterocycles. The van der Waals surface area contributed by atoms with Crippen molar-refractivity contribution in [2.24, 2.45) is 0 Å². The lowest BCUT2D eigenvalue weighted by molar-refractivity contribution is -0.143. The van der Waals surface area contributed by atoms with Gasteiger partial charge in [-0.05, 0) is 56.4 Å². The fraction of sp³-hybridized carbons (Fsp3) is 0.258. The zero-order valence-corrected chi connectivity index (χ0v) is 23.0. The SMILES string of the molecule is CCOC(=O)CCCc1ccc(-c2ccc(-c3onc(C)c3NC(=O)OC(C)c3ccccc3Cl)cc2)cc1. The Morgan fingerprint density at radius 2 is 1.62 bits per heavy atom. The van der Waals surface area contributed by atoms with Crippen molar-refractivity contribution < 1.29 is 23.6 Å². The smallest absolute Gasteiger partial charge is 0.412 e. The number of ether oxygens (including phenoxy) is 2. The fourth-order valence-electron chi connectivity index (χ4n) is 4.22. The van der Waals surface area contributed by atoms with Gasteiger partial charge in [0, 0.05) is 22.6 Å². The standard InChI is InChI=1S/C31H31ClN2O5/c1-4-37-28(35)11-7-8-22-12-14-23(15-13-22)24-16-18-25(19-17-24)30-29(20(2)34-39-30)33-31(36)38-21(3)26-9-5-6-10-27(26)32/h5-6,9-10,12-19,21H,4,7-8,11H2,1-3H3,(H,33,36). The van der Waals surface area contributed by atoms with Crippen molar-refractivity contribution in [1.82, 2.24) is 5.16 Å². The van der Waals surface area contributed by atoms with Gasteiger partial charge in [-0.1, -0.05) is 83.5 Å². The highest BCUT2D eigenvalue weighted by Crippen LogP contribution is 2.33. The number of nitrogens with zero attached hydrogens (tertiary/aromatic N) is 1. The van der Waals surface area contributed by atoms with E-state index in [1.807, 2.05) is 49.4 Å². The lowest BCUT2D eigenvalue weighted by Gasteiger charge is -2.15. The number of halogens is 1. The molecule has 0 radical (unpaired) electrons. The number of nitrogens with one attached hydrogen (secondary N) is 1. The third-order valence-electron chi connectivity index (χ3n) is 6.30. The largest absolute Gasteiger partial charge is 0.466 e. The summed E-state index contributed by atoms with van der Waals surface area (Å²) in [7, 11) is 0. The van der Waals surface area contributed by atoms with Crippen molar-refractivity contribution >= 4 is 29.4 Å². The Morgan fingerprint density at radius 3 is 2.28 bits per heavy atom. The number of carbonyl (C=O) groups is 2. The van der Waals surface area contributed by atoms with Crippen LogP contribution in [0, 0.1) is 6.92 Å². The van der Waals surface area contributed by atoms with E-state index in [4.69, 9.17) is 25.6 Å². The number of aryl methyl sites for hydroxylation is 2. The second kappa shape index (κ2) is 13.1.